The molecular weight excluding hydrogens is 716 g/mol. The lowest BCUT2D eigenvalue weighted by Gasteiger charge is -2.34. The van der Waals surface area contributed by atoms with Gasteiger partial charge in [0, 0.05) is 72.0 Å². The summed E-state index contributed by atoms with van der Waals surface area (Å²) < 4.78 is 30.3. The van der Waals surface area contributed by atoms with Gasteiger partial charge in [-0.15, -0.1) is 0 Å². The first-order valence-electron chi connectivity index (χ1n) is 19.3. The molecule has 2 fully saturated rings. The second-order valence-corrected chi connectivity index (χ2v) is 15.1. The van der Waals surface area contributed by atoms with Gasteiger partial charge in [0.1, 0.15) is 17.2 Å². The molecule has 2 aromatic heterocycles. The molecule has 14 nitrogen and oxygen atoms in total. The minimum atomic E-state index is -0.535. The van der Waals surface area contributed by atoms with Gasteiger partial charge in [-0.2, -0.15) is 0 Å². The number of nitrogens with zero attached hydrogens (tertiary/aromatic N) is 5. The largest absolute Gasteiger partial charge is 0.465 e. The number of imidazole rings is 2. The highest BCUT2D eigenvalue weighted by molar-refractivity contribution is 6.03. The Morgan fingerprint density at radius 1 is 0.768 bits per heavy atom. The quantitative estimate of drug-likeness (QED) is 0.0907. The SMILES string of the molecule is C.COCCCn1c(C2CCCN(C(=O)OC(C)(C)C)C2)nc2cccc(C(=O)OC)c21.COCCCn1c(C2CCCNC2)nc2cccc(C(=O)OC)c21. The van der Waals surface area contributed by atoms with Gasteiger partial charge in [0.25, 0.3) is 0 Å². The second kappa shape index (κ2) is 20.6. The Hall–Kier alpha value is -4.53. The van der Waals surface area contributed by atoms with E-state index >= 15 is 0 Å². The normalized spacial score (nSPS) is 17.2. The van der Waals surface area contributed by atoms with E-state index in [0.29, 0.717) is 49.9 Å². The Morgan fingerprint density at radius 3 is 1.75 bits per heavy atom. The highest BCUT2D eigenvalue weighted by Gasteiger charge is 2.32. The van der Waals surface area contributed by atoms with Crippen LogP contribution in [0.3, 0.4) is 0 Å². The van der Waals surface area contributed by atoms with Crippen LogP contribution in [0.25, 0.3) is 22.1 Å². The van der Waals surface area contributed by atoms with E-state index in [0.717, 1.165) is 91.9 Å². The van der Waals surface area contributed by atoms with E-state index in [4.69, 9.17) is 33.7 Å². The smallest absolute Gasteiger partial charge is 0.410 e. The van der Waals surface area contributed by atoms with Crippen molar-refractivity contribution in [1.29, 1.82) is 0 Å². The number of carbonyl (C=O) groups excluding carboxylic acids is 3. The lowest BCUT2D eigenvalue weighted by molar-refractivity contribution is 0.0194. The summed E-state index contributed by atoms with van der Waals surface area (Å²) >= 11 is 0. The molecule has 0 aliphatic carbocycles. The molecular formula is C42H62N6O8. The molecule has 2 aromatic carbocycles. The van der Waals surface area contributed by atoms with E-state index in [1.54, 1.807) is 25.2 Å². The maximum Gasteiger partial charge on any atom is 0.410 e. The summed E-state index contributed by atoms with van der Waals surface area (Å²) in [4.78, 5) is 48.8. The van der Waals surface area contributed by atoms with Crippen molar-refractivity contribution in [1.82, 2.24) is 29.3 Å². The zero-order valence-electron chi connectivity index (χ0n) is 33.5. The predicted octanol–water partition coefficient (Wildman–Crippen LogP) is 6.94. The molecule has 0 bridgehead atoms. The average Bonchev–Trinajstić information content (AvgIpc) is 3.76. The van der Waals surface area contributed by atoms with Crippen LogP contribution in [-0.4, -0.2) is 115 Å². The van der Waals surface area contributed by atoms with Crippen LogP contribution in [0.5, 0.6) is 0 Å². The van der Waals surface area contributed by atoms with Crippen LogP contribution in [0, 0.1) is 0 Å². The van der Waals surface area contributed by atoms with E-state index in [2.05, 4.69) is 14.5 Å². The number of para-hydroxylation sites is 2. The van der Waals surface area contributed by atoms with E-state index in [-0.39, 0.29) is 31.4 Å². The van der Waals surface area contributed by atoms with Gasteiger partial charge in [-0.1, -0.05) is 19.6 Å². The maximum absolute atomic E-state index is 12.6. The van der Waals surface area contributed by atoms with E-state index in [1.807, 2.05) is 51.1 Å². The number of amides is 1. The third-order valence-corrected chi connectivity index (χ3v) is 9.96. The Labute approximate surface area is 331 Å². The van der Waals surface area contributed by atoms with Crippen LogP contribution in [-0.2, 0) is 36.8 Å². The van der Waals surface area contributed by atoms with Gasteiger partial charge < -0.3 is 43.0 Å². The number of nitrogens with one attached hydrogen (secondary N) is 1. The van der Waals surface area contributed by atoms with Gasteiger partial charge in [0.15, 0.2) is 0 Å². The monoisotopic (exact) mass is 778 g/mol. The molecule has 2 saturated heterocycles. The molecule has 1 N–H and O–H groups in total. The molecule has 0 spiro atoms. The van der Waals surface area contributed by atoms with Gasteiger partial charge in [0.05, 0.1) is 47.4 Å². The number of ether oxygens (including phenoxy) is 5. The van der Waals surface area contributed by atoms with Gasteiger partial charge in [-0.05, 0) is 90.1 Å². The molecule has 0 radical (unpaired) electrons. The van der Waals surface area contributed by atoms with Crippen LogP contribution >= 0.6 is 0 Å². The fraction of sp³-hybridized carbons (Fsp3) is 0.595. The van der Waals surface area contributed by atoms with E-state index in [1.165, 1.54) is 14.2 Å². The molecule has 4 aromatic rings. The van der Waals surface area contributed by atoms with Crippen molar-refractivity contribution in [3.8, 4) is 0 Å². The fourth-order valence-corrected chi connectivity index (χ4v) is 7.52. The topological polar surface area (TPSA) is 148 Å². The summed E-state index contributed by atoms with van der Waals surface area (Å²) in [6, 6.07) is 11.1. The van der Waals surface area contributed by atoms with Gasteiger partial charge in [-0.3, -0.25) is 0 Å². The molecule has 2 aliphatic heterocycles. The van der Waals surface area contributed by atoms with Crippen LogP contribution in [0.4, 0.5) is 4.79 Å². The minimum absolute atomic E-state index is 0. The predicted molar refractivity (Wildman–Crippen MR) is 216 cm³/mol. The summed E-state index contributed by atoms with van der Waals surface area (Å²) in [6.07, 6.45) is 5.42. The lowest BCUT2D eigenvalue weighted by atomic mass is 9.97. The number of methoxy groups -OCH3 is 4. The fourth-order valence-electron chi connectivity index (χ4n) is 7.52. The number of esters is 2. The number of benzene rings is 2. The van der Waals surface area contributed by atoms with Gasteiger partial charge >= 0.3 is 18.0 Å². The van der Waals surface area contributed by atoms with E-state index < -0.39 is 5.60 Å². The number of carbonyl (C=O) groups is 3. The first-order chi connectivity index (χ1) is 26.5. The Morgan fingerprint density at radius 2 is 1.29 bits per heavy atom. The van der Waals surface area contributed by atoms with Crippen molar-refractivity contribution >= 4 is 40.1 Å². The summed E-state index contributed by atoms with van der Waals surface area (Å²) in [5, 5.41) is 3.45. The first-order valence-corrected chi connectivity index (χ1v) is 19.3. The van der Waals surface area contributed by atoms with E-state index in [9.17, 15) is 14.4 Å². The van der Waals surface area contributed by atoms with Crippen molar-refractivity contribution in [2.45, 2.75) is 97.2 Å². The van der Waals surface area contributed by atoms with Crippen LogP contribution < -0.4 is 5.32 Å². The number of fused-ring (bicyclic) bond motifs is 2. The molecule has 2 atom stereocenters. The Kier molecular flexibility index (Phi) is 16.2. The number of hydrogen-bond donors (Lipinski definition) is 1. The molecule has 14 heteroatoms. The molecule has 56 heavy (non-hydrogen) atoms. The van der Waals surface area contributed by atoms with Gasteiger partial charge in [-0.25, -0.2) is 24.4 Å². The van der Waals surface area contributed by atoms with Crippen LogP contribution in [0.15, 0.2) is 36.4 Å². The zero-order valence-corrected chi connectivity index (χ0v) is 33.5. The standard InChI is InChI=1S/C23H33N3O5.C18H25N3O3.CH4/c1-23(2,3)31-22(28)25-12-7-9-16(15-25)20-24-18-11-6-10-17(21(27)30-5)19(18)26(20)13-8-14-29-4;1-23-11-5-10-21-16-14(18(22)24-2)7-3-8-15(16)20-17(21)13-6-4-9-19-12-13;/h6,10-11,16H,7-9,12-15H2,1-5H3;3,7-8,13,19H,4-6,9-12H2,1-2H3;1H4. The molecule has 6 rings (SSSR count). The molecule has 1 amide bonds. The van der Waals surface area contributed by atoms with Crippen molar-refractivity contribution < 1.29 is 38.1 Å². The number of piperidine rings is 2. The number of likely N-dealkylation sites (tertiary alicyclic amines) is 1. The van der Waals surface area contributed by atoms with Crippen molar-refractivity contribution in [2.75, 3.05) is 67.8 Å². The van der Waals surface area contributed by atoms with Crippen LogP contribution in [0.1, 0.15) is 111 Å². The first kappa shape index (κ1) is 44.2. The summed E-state index contributed by atoms with van der Waals surface area (Å²) in [5.74, 6) is 1.67. The number of rotatable bonds is 12. The number of hydrogen-bond acceptors (Lipinski definition) is 11. The molecule has 4 heterocycles. The van der Waals surface area contributed by atoms with Crippen molar-refractivity contribution in [2.24, 2.45) is 0 Å². The molecule has 2 unspecified atom stereocenters. The highest BCUT2D eigenvalue weighted by Crippen LogP contribution is 2.33. The number of aryl methyl sites for hydroxylation is 2. The lowest BCUT2D eigenvalue weighted by Crippen LogP contribution is -2.42. The van der Waals surface area contributed by atoms with Crippen molar-refractivity contribution in [3.05, 3.63) is 59.2 Å². The summed E-state index contributed by atoms with van der Waals surface area (Å²) in [5.41, 5.74) is 3.80. The maximum atomic E-state index is 12.6. The van der Waals surface area contributed by atoms with Gasteiger partial charge in [0.2, 0.25) is 0 Å². The third-order valence-electron chi connectivity index (χ3n) is 9.96. The minimum Gasteiger partial charge on any atom is -0.465 e. The Bertz CT molecular complexity index is 1910. The Balaban J connectivity index is 0.000000252. The molecule has 2 aliphatic rings. The summed E-state index contributed by atoms with van der Waals surface area (Å²) in [6.45, 7) is 11.5. The molecule has 308 valence electrons. The average molecular weight is 779 g/mol. The van der Waals surface area contributed by atoms with Crippen LogP contribution in [0.2, 0.25) is 0 Å². The number of aromatic nitrogens is 4. The molecule has 0 saturated carbocycles. The zero-order chi connectivity index (χ0) is 39.5. The third kappa shape index (κ3) is 10.6. The highest BCUT2D eigenvalue weighted by atomic mass is 16.6. The van der Waals surface area contributed by atoms with Crippen molar-refractivity contribution in [3.63, 3.8) is 0 Å². The second-order valence-electron chi connectivity index (χ2n) is 15.1. The summed E-state index contributed by atoms with van der Waals surface area (Å²) in [7, 11) is 6.18.